The molecule has 1 atom stereocenters. The van der Waals surface area contributed by atoms with Crippen molar-refractivity contribution >= 4 is 11.6 Å². The van der Waals surface area contributed by atoms with Crippen molar-refractivity contribution < 1.29 is 4.42 Å². The fraction of sp³-hybridized carbons (Fsp3) is 0.389. The third kappa shape index (κ3) is 3.45. The number of nitrogens with zero attached hydrogens (tertiary/aromatic N) is 4. The molecule has 1 N–H and O–H groups in total. The molecule has 25 heavy (non-hydrogen) atoms. The molecule has 0 radical (unpaired) electrons. The van der Waals surface area contributed by atoms with Crippen LogP contribution in [0.1, 0.15) is 43.3 Å². The fourth-order valence-electron chi connectivity index (χ4n) is 3.13. The van der Waals surface area contributed by atoms with Crippen LogP contribution in [0.2, 0.25) is 5.02 Å². The molecule has 1 aliphatic rings. The predicted octanol–water partition coefficient (Wildman–Crippen LogP) is 3.66. The monoisotopic (exact) mass is 357 g/mol. The molecule has 1 aromatic carbocycles. The molecule has 1 unspecified atom stereocenters. The van der Waals surface area contributed by atoms with Gasteiger partial charge in [0.05, 0.1) is 11.9 Å². The highest BCUT2D eigenvalue weighted by molar-refractivity contribution is 6.30. The highest BCUT2D eigenvalue weighted by Gasteiger charge is 2.21. The van der Waals surface area contributed by atoms with Crippen molar-refractivity contribution in [3.8, 4) is 11.3 Å². The van der Waals surface area contributed by atoms with Crippen LogP contribution >= 0.6 is 11.6 Å². The molecule has 6 nitrogen and oxygen atoms in total. The van der Waals surface area contributed by atoms with Crippen LogP contribution in [-0.2, 0) is 0 Å². The van der Waals surface area contributed by atoms with Gasteiger partial charge in [0.25, 0.3) is 0 Å². The van der Waals surface area contributed by atoms with E-state index in [1.54, 1.807) is 6.20 Å². The van der Waals surface area contributed by atoms with Gasteiger partial charge in [-0.05, 0) is 57.1 Å². The van der Waals surface area contributed by atoms with Crippen LogP contribution in [0.15, 0.2) is 41.1 Å². The summed E-state index contributed by atoms with van der Waals surface area (Å²) in [5.74, 6) is 1.82. The van der Waals surface area contributed by atoms with Gasteiger partial charge in [-0.2, -0.15) is 0 Å². The molecule has 1 aliphatic heterocycles. The van der Waals surface area contributed by atoms with Crippen LogP contribution in [0.5, 0.6) is 0 Å². The Kier molecular flexibility index (Phi) is 4.55. The van der Waals surface area contributed by atoms with Crippen molar-refractivity contribution in [1.29, 1.82) is 0 Å². The number of halogens is 1. The van der Waals surface area contributed by atoms with Crippen molar-refractivity contribution in [1.82, 2.24) is 25.3 Å². The van der Waals surface area contributed by atoms with Gasteiger partial charge in [-0.1, -0.05) is 16.8 Å². The van der Waals surface area contributed by atoms with Gasteiger partial charge in [0.2, 0.25) is 5.89 Å². The molecule has 0 aliphatic carbocycles. The first-order chi connectivity index (χ1) is 12.2. The summed E-state index contributed by atoms with van der Waals surface area (Å²) in [6.07, 6.45) is 5.96. The lowest BCUT2D eigenvalue weighted by molar-refractivity contribution is 0.410. The molecule has 3 heterocycles. The zero-order valence-electron chi connectivity index (χ0n) is 14.0. The minimum atomic E-state index is -0.107. The molecule has 4 rings (SSSR count). The van der Waals surface area contributed by atoms with Gasteiger partial charge < -0.3 is 9.73 Å². The van der Waals surface area contributed by atoms with Gasteiger partial charge in [0, 0.05) is 22.7 Å². The van der Waals surface area contributed by atoms with E-state index in [9.17, 15) is 0 Å². The van der Waals surface area contributed by atoms with Crippen LogP contribution in [0.4, 0.5) is 0 Å². The summed E-state index contributed by atoms with van der Waals surface area (Å²) in [7, 11) is 0. The van der Waals surface area contributed by atoms with Gasteiger partial charge in [0.15, 0.2) is 5.76 Å². The van der Waals surface area contributed by atoms with Crippen LogP contribution in [0, 0.1) is 0 Å². The summed E-state index contributed by atoms with van der Waals surface area (Å²) in [6, 6.07) is 7.41. The molecule has 7 heteroatoms. The van der Waals surface area contributed by atoms with Crippen LogP contribution in [-0.4, -0.2) is 33.1 Å². The Morgan fingerprint density at radius 1 is 1.24 bits per heavy atom. The summed E-state index contributed by atoms with van der Waals surface area (Å²) in [5, 5.41) is 12.7. The van der Waals surface area contributed by atoms with E-state index in [0.29, 0.717) is 16.8 Å². The van der Waals surface area contributed by atoms with Crippen molar-refractivity contribution in [2.24, 2.45) is 0 Å². The lowest BCUT2D eigenvalue weighted by atomic mass is 9.95. The highest BCUT2D eigenvalue weighted by atomic mass is 35.5. The van der Waals surface area contributed by atoms with E-state index in [-0.39, 0.29) is 6.04 Å². The Morgan fingerprint density at radius 2 is 2.00 bits per heavy atom. The number of oxazole rings is 1. The number of nitrogens with one attached hydrogen (secondary N) is 1. The number of hydrogen-bond acceptors (Lipinski definition) is 5. The van der Waals surface area contributed by atoms with E-state index in [4.69, 9.17) is 16.0 Å². The molecule has 0 bridgehead atoms. The fourth-order valence-corrected chi connectivity index (χ4v) is 3.25. The molecule has 2 aromatic heterocycles. The predicted molar refractivity (Wildman–Crippen MR) is 95.6 cm³/mol. The largest absolute Gasteiger partial charge is 0.438 e. The standard InChI is InChI=1S/C18H20ClN5O/c1-12(24-11-16(22-23-24)13-6-8-20-9-7-13)18-21-10-17(25-18)14-2-4-15(19)5-3-14/h2-5,10-13,20H,6-9H2,1H3. The van der Waals surface area contributed by atoms with Gasteiger partial charge in [-0.3, -0.25) is 0 Å². The average Bonchev–Trinajstić information content (AvgIpc) is 3.33. The first-order valence-corrected chi connectivity index (χ1v) is 8.92. The van der Waals surface area contributed by atoms with Crippen molar-refractivity contribution in [2.75, 3.05) is 13.1 Å². The molecular formula is C18H20ClN5O. The second kappa shape index (κ2) is 6.98. The van der Waals surface area contributed by atoms with E-state index in [1.807, 2.05) is 42.1 Å². The van der Waals surface area contributed by atoms with Crippen molar-refractivity contribution in [3.63, 3.8) is 0 Å². The third-order valence-electron chi connectivity index (χ3n) is 4.69. The molecule has 130 valence electrons. The minimum Gasteiger partial charge on any atom is -0.438 e. The van der Waals surface area contributed by atoms with E-state index in [2.05, 4.69) is 20.6 Å². The lowest BCUT2D eigenvalue weighted by Crippen LogP contribution is -2.26. The quantitative estimate of drug-likeness (QED) is 0.771. The van der Waals surface area contributed by atoms with E-state index in [0.717, 1.165) is 42.9 Å². The average molecular weight is 358 g/mol. The first-order valence-electron chi connectivity index (χ1n) is 8.55. The topological polar surface area (TPSA) is 68.8 Å². The Labute approximate surface area is 151 Å². The minimum absolute atomic E-state index is 0.107. The van der Waals surface area contributed by atoms with E-state index in [1.165, 1.54) is 0 Å². The maximum Gasteiger partial charge on any atom is 0.219 e. The number of aromatic nitrogens is 4. The van der Waals surface area contributed by atoms with Gasteiger partial charge in [0.1, 0.15) is 6.04 Å². The molecule has 3 aromatic rings. The molecule has 0 spiro atoms. The second-order valence-corrected chi connectivity index (χ2v) is 6.83. The summed E-state index contributed by atoms with van der Waals surface area (Å²) >= 11 is 5.93. The number of benzene rings is 1. The SMILES string of the molecule is CC(c1ncc(-c2ccc(Cl)cc2)o1)n1cc(C2CCNCC2)nn1. The molecule has 1 fully saturated rings. The van der Waals surface area contributed by atoms with Crippen LogP contribution in [0.25, 0.3) is 11.3 Å². The molecular weight excluding hydrogens is 338 g/mol. The Bertz CT molecular complexity index is 835. The van der Waals surface area contributed by atoms with Gasteiger partial charge in [-0.15, -0.1) is 5.10 Å². The normalized spacial score (nSPS) is 16.9. The third-order valence-corrected chi connectivity index (χ3v) is 4.94. The Hall–Kier alpha value is -2.18. The number of hydrogen-bond donors (Lipinski definition) is 1. The van der Waals surface area contributed by atoms with E-state index < -0.39 is 0 Å². The Balaban J connectivity index is 1.52. The van der Waals surface area contributed by atoms with Gasteiger partial charge in [-0.25, -0.2) is 9.67 Å². The van der Waals surface area contributed by atoms with Crippen molar-refractivity contribution in [3.05, 3.63) is 53.3 Å². The number of piperidine rings is 1. The zero-order chi connectivity index (χ0) is 17.2. The van der Waals surface area contributed by atoms with Crippen LogP contribution in [0.3, 0.4) is 0 Å². The summed E-state index contributed by atoms with van der Waals surface area (Å²) in [5.41, 5.74) is 2.00. The lowest BCUT2D eigenvalue weighted by Gasteiger charge is -2.20. The molecule has 0 saturated carbocycles. The highest BCUT2D eigenvalue weighted by Crippen LogP contribution is 2.27. The molecule has 1 saturated heterocycles. The Morgan fingerprint density at radius 3 is 2.76 bits per heavy atom. The second-order valence-electron chi connectivity index (χ2n) is 6.39. The maximum absolute atomic E-state index is 5.93. The van der Waals surface area contributed by atoms with Crippen molar-refractivity contribution in [2.45, 2.75) is 31.7 Å². The zero-order valence-corrected chi connectivity index (χ0v) is 14.8. The van der Waals surface area contributed by atoms with Gasteiger partial charge >= 0.3 is 0 Å². The molecule has 0 amide bonds. The summed E-state index contributed by atoms with van der Waals surface area (Å²) < 4.78 is 7.76. The van der Waals surface area contributed by atoms with Crippen LogP contribution < -0.4 is 5.32 Å². The number of rotatable bonds is 4. The van der Waals surface area contributed by atoms with E-state index >= 15 is 0 Å². The summed E-state index contributed by atoms with van der Waals surface area (Å²) in [6.45, 7) is 4.09. The smallest absolute Gasteiger partial charge is 0.219 e. The first kappa shape index (κ1) is 16.3. The summed E-state index contributed by atoms with van der Waals surface area (Å²) in [4.78, 5) is 4.41. The maximum atomic E-state index is 5.93.